The fraction of sp³-hybridized carbons (Fsp3) is 0.0455. The molecule has 220 valence electrons. The molecule has 2 heterocycles. The molecule has 7 aromatic carbocycles. The van der Waals surface area contributed by atoms with Crippen LogP contribution in [0.2, 0.25) is 0 Å². The Morgan fingerprint density at radius 3 is 1.98 bits per heavy atom. The van der Waals surface area contributed by atoms with E-state index >= 15 is 0 Å². The lowest BCUT2D eigenvalue weighted by Gasteiger charge is -2.14. The summed E-state index contributed by atoms with van der Waals surface area (Å²) in [7, 11) is 0. The summed E-state index contributed by atoms with van der Waals surface area (Å²) in [4.78, 5) is 10.5. The molecule has 0 bridgehead atoms. The van der Waals surface area contributed by atoms with E-state index in [1.54, 1.807) is 0 Å². The first-order chi connectivity index (χ1) is 23.3. The van der Waals surface area contributed by atoms with Crippen molar-refractivity contribution in [2.75, 3.05) is 0 Å². The number of nitrogens with zero attached hydrogens (tertiary/aromatic N) is 3. The van der Waals surface area contributed by atoms with E-state index in [0.717, 1.165) is 39.6 Å². The van der Waals surface area contributed by atoms with Crippen LogP contribution in [0.4, 0.5) is 0 Å². The van der Waals surface area contributed by atoms with E-state index in [2.05, 4.69) is 156 Å². The molecule has 47 heavy (non-hydrogen) atoms. The van der Waals surface area contributed by atoms with Crippen LogP contribution in [0.3, 0.4) is 0 Å². The lowest BCUT2D eigenvalue weighted by molar-refractivity contribution is 0.828. The Bertz CT molecular complexity index is 2620. The molecule has 0 saturated carbocycles. The first-order valence-corrected chi connectivity index (χ1v) is 16.3. The van der Waals surface area contributed by atoms with Crippen LogP contribution in [0.5, 0.6) is 0 Å². The Morgan fingerprint density at radius 1 is 0.511 bits per heavy atom. The van der Waals surface area contributed by atoms with Gasteiger partial charge in [-0.2, -0.15) is 0 Å². The number of benzene rings is 7. The van der Waals surface area contributed by atoms with Crippen LogP contribution in [0.25, 0.3) is 71.8 Å². The van der Waals surface area contributed by atoms with E-state index in [4.69, 9.17) is 9.97 Å². The molecule has 3 nitrogen and oxygen atoms in total. The fourth-order valence-corrected chi connectivity index (χ4v) is 7.88. The predicted molar refractivity (Wildman–Crippen MR) is 194 cm³/mol. The Kier molecular flexibility index (Phi) is 5.70. The van der Waals surface area contributed by atoms with Gasteiger partial charge in [0.25, 0.3) is 0 Å². The van der Waals surface area contributed by atoms with Gasteiger partial charge in [0.15, 0.2) is 0 Å². The van der Waals surface area contributed by atoms with Crippen LogP contribution in [-0.4, -0.2) is 14.5 Å². The lowest BCUT2D eigenvalue weighted by atomic mass is 9.89. The molecule has 0 fully saturated rings. The molecular formula is C44H29N3. The molecule has 0 radical (unpaired) electrons. The maximum atomic E-state index is 5.30. The lowest BCUT2D eigenvalue weighted by Crippen LogP contribution is -2.04. The third-order valence-electron chi connectivity index (χ3n) is 9.96. The second-order valence-corrected chi connectivity index (χ2v) is 12.6. The first kappa shape index (κ1) is 26.2. The molecule has 1 aliphatic rings. The van der Waals surface area contributed by atoms with Crippen LogP contribution in [0, 0.1) is 0 Å². The van der Waals surface area contributed by atoms with Gasteiger partial charge in [-0.3, -0.25) is 4.57 Å². The van der Waals surface area contributed by atoms with E-state index in [1.807, 2.05) is 6.07 Å². The van der Waals surface area contributed by atoms with E-state index < -0.39 is 0 Å². The van der Waals surface area contributed by atoms with Crippen molar-refractivity contribution in [2.24, 2.45) is 0 Å². The van der Waals surface area contributed by atoms with Crippen molar-refractivity contribution in [3.8, 4) is 28.3 Å². The maximum absolute atomic E-state index is 5.30. The SMILES string of the molecule is c1ccc(-c2nc(-n3c4ccc(CC5c6ccccc6-c6ccccc65)cc4c4c5ccccc5ccc43)nc3ccccc23)cc1. The minimum Gasteiger partial charge on any atom is -0.278 e. The van der Waals surface area contributed by atoms with E-state index in [1.165, 1.54) is 49.4 Å². The molecule has 0 N–H and O–H groups in total. The molecule has 1 aliphatic carbocycles. The minimum atomic E-state index is 0.321. The molecule has 3 heteroatoms. The first-order valence-electron chi connectivity index (χ1n) is 16.3. The van der Waals surface area contributed by atoms with Gasteiger partial charge in [0.2, 0.25) is 5.95 Å². The van der Waals surface area contributed by atoms with Gasteiger partial charge in [-0.05, 0) is 69.3 Å². The largest absolute Gasteiger partial charge is 0.278 e. The number of rotatable bonds is 4. The molecule has 0 aliphatic heterocycles. The molecule has 0 atom stereocenters. The Balaban J connectivity index is 1.22. The van der Waals surface area contributed by atoms with Gasteiger partial charge in [0.05, 0.1) is 22.2 Å². The Hall–Kier alpha value is -6.06. The highest BCUT2D eigenvalue weighted by atomic mass is 15.2. The smallest absolute Gasteiger partial charge is 0.235 e. The zero-order valence-electron chi connectivity index (χ0n) is 25.6. The van der Waals surface area contributed by atoms with Crippen molar-refractivity contribution < 1.29 is 0 Å². The number of para-hydroxylation sites is 1. The van der Waals surface area contributed by atoms with Gasteiger partial charge in [0, 0.05) is 27.6 Å². The molecule has 0 spiro atoms. The predicted octanol–water partition coefficient (Wildman–Crippen LogP) is 10.9. The summed E-state index contributed by atoms with van der Waals surface area (Å²) in [5, 5.41) is 5.99. The topological polar surface area (TPSA) is 30.7 Å². The van der Waals surface area contributed by atoms with Gasteiger partial charge in [-0.15, -0.1) is 0 Å². The molecule has 0 saturated heterocycles. The summed E-state index contributed by atoms with van der Waals surface area (Å²) in [5.41, 5.74) is 12.1. The van der Waals surface area contributed by atoms with Crippen LogP contribution >= 0.6 is 0 Å². The average Bonchev–Trinajstić information content (AvgIpc) is 3.64. The number of fused-ring (bicyclic) bond motifs is 9. The summed E-state index contributed by atoms with van der Waals surface area (Å²) in [6.07, 6.45) is 0.937. The zero-order chi connectivity index (χ0) is 30.9. The summed E-state index contributed by atoms with van der Waals surface area (Å²) in [6, 6.07) is 56.8. The minimum absolute atomic E-state index is 0.321. The summed E-state index contributed by atoms with van der Waals surface area (Å²) in [6.45, 7) is 0. The third kappa shape index (κ3) is 4.00. The second kappa shape index (κ2) is 10.2. The molecule has 0 amide bonds. The van der Waals surface area contributed by atoms with Crippen LogP contribution in [-0.2, 0) is 6.42 Å². The van der Waals surface area contributed by atoms with Crippen LogP contribution < -0.4 is 0 Å². The molecule has 0 unspecified atom stereocenters. The summed E-state index contributed by atoms with van der Waals surface area (Å²) < 4.78 is 2.26. The van der Waals surface area contributed by atoms with E-state index in [9.17, 15) is 0 Å². The molecule has 2 aromatic heterocycles. The van der Waals surface area contributed by atoms with Gasteiger partial charge in [-0.1, -0.05) is 133 Å². The van der Waals surface area contributed by atoms with E-state index in [0.29, 0.717) is 11.9 Å². The highest BCUT2D eigenvalue weighted by Crippen LogP contribution is 2.46. The Labute approximate surface area is 272 Å². The third-order valence-corrected chi connectivity index (χ3v) is 9.96. The van der Waals surface area contributed by atoms with Gasteiger partial charge in [0.1, 0.15) is 0 Å². The van der Waals surface area contributed by atoms with Crippen molar-refractivity contribution in [1.82, 2.24) is 14.5 Å². The molecular weight excluding hydrogens is 571 g/mol. The maximum Gasteiger partial charge on any atom is 0.235 e. The molecule has 9 aromatic rings. The zero-order valence-corrected chi connectivity index (χ0v) is 25.6. The van der Waals surface area contributed by atoms with Crippen molar-refractivity contribution in [3.63, 3.8) is 0 Å². The number of hydrogen-bond acceptors (Lipinski definition) is 2. The van der Waals surface area contributed by atoms with Crippen molar-refractivity contribution in [3.05, 3.63) is 174 Å². The van der Waals surface area contributed by atoms with Gasteiger partial charge < -0.3 is 0 Å². The summed E-state index contributed by atoms with van der Waals surface area (Å²) >= 11 is 0. The van der Waals surface area contributed by atoms with E-state index in [-0.39, 0.29) is 0 Å². The summed E-state index contributed by atoms with van der Waals surface area (Å²) in [5.74, 6) is 1.01. The average molecular weight is 600 g/mol. The monoisotopic (exact) mass is 599 g/mol. The fourth-order valence-electron chi connectivity index (χ4n) is 7.88. The number of hydrogen-bond donors (Lipinski definition) is 0. The normalized spacial score (nSPS) is 12.7. The standard InChI is InChI=1S/C44H29N3/c1-2-13-30(14-3-1)43-36-20-10-11-21-39(36)45-44(46-43)47-40-24-22-28(27-38(40)42-31-15-5-4-12-29(31)23-25-41(42)47)26-37-34-18-8-6-16-32(34)33-17-7-9-19-35(33)37/h1-25,27,37H,26H2. The van der Waals surface area contributed by atoms with Gasteiger partial charge in [-0.25, -0.2) is 9.97 Å². The van der Waals surface area contributed by atoms with Crippen LogP contribution in [0.1, 0.15) is 22.6 Å². The number of aromatic nitrogens is 3. The van der Waals surface area contributed by atoms with Gasteiger partial charge >= 0.3 is 0 Å². The quantitative estimate of drug-likeness (QED) is 0.201. The highest BCUT2D eigenvalue weighted by Gasteiger charge is 2.28. The highest BCUT2D eigenvalue weighted by molar-refractivity contribution is 6.21. The van der Waals surface area contributed by atoms with Crippen molar-refractivity contribution >= 4 is 43.5 Å². The Morgan fingerprint density at radius 2 is 1.17 bits per heavy atom. The van der Waals surface area contributed by atoms with Crippen molar-refractivity contribution in [2.45, 2.75) is 12.3 Å². The second-order valence-electron chi connectivity index (χ2n) is 12.6. The molecule has 10 rings (SSSR count). The van der Waals surface area contributed by atoms with Crippen molar-refractivity contribution in [1.29, 1.82) is 0 Å². The van der Waals surface area contributed by atoms with Crippen LogP contribution in [0.15, 0.2) is 158 Å².